The molecule has 120 valence electrons. The molecule has 0 aliphatic rings. The van der Waals surface area contributed by atoms with E-state index in [2.05, 4.69) is 50.8 Å². The quantitative estimate of drug-likeness (QED) is 0.675. The van der Waals surface area contributed by atoms with E-state index in [1.165, 1.54) is 5.69 Å². The first kappa shape index (κ1) is 15.6. The monoisotopic (exact) mass is 310 g/mol. The van der Waals surface area contributed by atoms with Gasteiger partial charge >= 0.3 is 0 Å². The Labute approximate surface area is 137 Å². The Kier molecular flexibility index (Phi) is 4.09. The minimum absolute atomic E-state index is 0.553. The maximum absolute atomic E-state index is 6.02. The molecule has 0 radical (unpaired) electrons. The summed E-state index contributed by atoms with van der Waals surface area (Å²) in [4.78, 5) is 4.74. The molecule has 0 atom stereocenters. The highest BCUT2D eigenvalue weighted by molar-refractivity contribution is 5.56. The van der Waals surface area contributed by atoms with Crippen molar-refractivity contribution in [3.8, 4) is 5.75 Å². The summed E-state index contributed by atoms with van der Waals surface area (Å²) >= 11 is 0. The van der Waals surface area contributed by atoms with Gasteiger partial charge < -0.3 is 9.22 Å². The molecule has 0 aliphatic heterocycles. The molecule has 0 saturated heterocycles. The number of hydrogen-bond acceptors (Lipinski definition) is 2. The van der Waals surface area contributed by atoms with Gasteiger partial charge in [0.15, 0.2) is 11.4 Å². The summed E-state index contributed by atoms with van der Waals surface area (Å²) in [6.45, 7) is 3.55. The standard InChI is InChI=1S/C19H24N3O/c1-15-17(13-22(2,3)4)21-12-8-11-18(19(21)20-15)23-14-16-9-6-5-7-10-16/h5-12H,13-14H2,1-4H3/q+1. The maximum Gasteiger partial charge on any atom is 0.180 e. The Bertz CT molecular complexity index is 801. The van der Waals surface area contributed by atoms with Crippen LogP contribution in [0.25, 0.3) is 5.65 Å². The molecule has 0 bridgehead atoms. The number of fused-ring (bicyclic) bond motifs is 1. The molecule has 1 aromatic carbocycles. The average Bonchev–Trinajstić information content (AvgIpc) is 2.81. The summed E-state index contributed by atoms with van der Waals surface area (Å²) in [5.41, 5.74) is 4.35. The molecular formula is C19H24N3O+. The maximum atomic E-state index is 6.02. The number of aryl methyl sites for hydroxylation is 1. The first-order chi connectivity index (χ1) is 10.9. The van der Waals surface area contributed by atoms with E-state index in [4.69, 9.17) is 9.72 Å². The van der Waals surface area contributed by atoms with Gasteiger partial charge in [0.2, 0.25) is 0 Å². The number of quaternary nitrogens is 1. The Morgan fingerprint density at radius 3 is 2.48 bits per heavy atom. The van der Waals surface area contributed by atoms with Gasteiger partial charge in [0.05, 0.1) is 26.8 Å². The zero-order valence-corrected chi connectivity index (χ0v) is 14.3. The van der Waals surface area contributed by atoms with Gasteiger partial charge in [-0.3, -0.25) is 4.40 Å². The van der Waals surface area contributed by atoms with Crippen molar-refractivity contribution in [2.75, 3.05) is 21.1 Å². The lowest BCUT2D eigenvalue weighted by molar-refractivity contribution is -0.884. The molecule has 23 heavy (non-hydrogen) atoms. The molecule has 0 aliphatic carbocycles. The molecule has 2 aromatic heterocycles. The van der Waals surface area contributed by atoms with E-state index in [1.54, 1.807) is 0 Å². The third-order valence-electron chi connectivity index (χ3n) is 3.77. The van der Waals surface area contributed by atoms with Gasteiger partial charge in [-0.1, -0.05) is 30.3 Å². The molecule has 0 saturated carbocycles. The third-order valence-corrected chi connectivity index (χ3v) is 3.77. The Morgan fingerprint density at radius 2 is 1.78 bits per heavy atom. The van der Waals surface area contributed by atoms with Crippen molar-refractivity contribution in [2.45, 2.75) is 20.1 Å². The second-order valence-electron chi connectivity index (χ2n) is 6.93. The number of hydrogen-bond donors (Lipinski definition) is 0. The number of benzene rings is 1. The lowest BCUT2D eigenvalue weighted by Crippen LogP contribution is -2.34. The van der Waals surface area contributed by atoms with Gasteiger partial charge in [0, 0.05) is 6.20 Å². The predicted octanol–water partition coefficient (Wildman–Crippen LogP) is 3.43. The smallest absolute Gasteiger partial charge is 0.180 e. The molecule has 0 spiro atoms. The minimum Gasteiger partial charge on any atom is -0.485 e. The third kappa shape index (κ3) is 3.54. The van der Waals surface area contributed by atoms with Crippen LogP contribution >= 0.6 is 0 Å². The highest BCUT2D eigenvalue weighted by atomic mass is 16.5. The fourth-order valence-corrected chi connectivity index (χ4v) is 2.69. The Balaban J connectivity index is 1.92. The number of aromatic nitrogens is 2. The van der Waals surface area contributed by atoms with E-state index in [1.807, 2.05) is 30.3 Å². The van der Waals surface area contributed by atoms with Crippen molar-refractivity contribution in [1.82, 2.24) is 9.38 Å². The average molecular weight is 310 g/mol. The highest BCUT2D eigenvalue weighted by Crippen LogP contribution is 2.24. The summed E-state index contributed by atoms with van der Waals surface area (Å²) in [5.74, 6) is 0.826. The molecule has 4 heteroatoms. The normalized spacial score (nSPS) is 11.8. The summed E-state index contributed by atoms with van der Waals surface area (Å²) in [6, 6.07) is 14.2. The van der Waals surface area contributed by atoms with Gasteiger partial charge in [0.1, 0.15) is 18.8 Å². The van der Waals surface area contributed by atoms with E-state index in [-0.39, 0.29) is 0 Å². The first-order valence-corrected chi connectivity index (χ1v) is 7.88. The van der Waals surface area contributed by atoms with Crippen molar-refractivity contribution in [1.29, 1.82) is 0 Å². The van der Waals surface area contributed by atoms with Crippen LogP contribution in [-0.4, -0.2) is 35.0 Å². The van der Waals surface area contributed by atoms with Crippen molar-refractivity contribution >= 4 is 5.65 Å². The van der Waals surface area contributed by atoms with Gasteiger partial charge in [-0.25, -0.2) is 4.98 Å². The largest absolute Gasteiger partial charge is 0.485 e. The molecular weight excluding hydrogens is 286 g/mol. The number of imidazole rings is 1. The molecule has 0 fully saturated rings. The Hall–Kier alpha value is -2.33. The lowest BCUT2D eigenvalue weighted by atomic mass is 10.2. The van der Waals surface area contributed by atoms with Gasteiger partial charge in [-0.05, 0) is 24.6 Å². The van der Waals surface area contributed by atoms with Gasteiger partial charge in [0.25, 0.3) is 0 Å². The highest BCUT2D eigenvalue weighted by Gasteiger charge is 2.18. The molecule has 3 rings (SSSR count). The molecule has 3 aromatic rings. The zero-order chi connectivity index (χ0) is 16.4. The van der Waals surface area contributed by atoms with Crippen molar-refractivity contribution < 1.29 is 9.22 Å². The molecule has 0 amide bonds. The molecule has 4 nitrogen and oxygen atoms in total. The fourth-order valence-electron chi connectivity index (χ4n) is 2.69. The van der Waals surface area contributed by atoms with Crippen LogP contribution in [0.1, 0.15) is 17.0 Å². The van der Waals surface area contributed by atoms with Crippen LogP contribution < -0.4 is 4.74 Å². The topological polar surface area (TPSA) is 26.5 Å². The molecule has 2 heterocycles. The second-order valence-corrected chi connectivity index (χ2v) is 6.93. The van der Waals surface area contributed by atoms with Crippen LogP contribution in [0.3, 0.4) is 0 Å². The summed E-state index contributed by atoms with van der Waals surface area (Å²) < 4.78 is 9.03. The van der Waals surface area contributed by atoms with E-state index in [0.29, 0.717) is 6.61 Å². The summed E-state index contributed by atoms with van der Waals surface area (Å²) in [7, 11) is 6.57. The van der Waals surface area contributed by atoms with E-state index < -0.39 is 0 Å². The number of rotatable bonds is 5. The molecule has 0 N–H and O–H groups in total. The van der Waals surface area contributed by atoms with Crippen LogP contribution in [-0.2, 0) is 13.2 Å². The summed E-state index contributed by atoms with van der Waals surface area (Å²) in [5, 5.41) is 0. The minimum atomic E-state index is 0.553. The fraction of sp³-hybridized carbons (Fsp3) is 0.316. The second kappa shape index (κ2) is 6.05. The van der Waals surface area contributed by atoms with Gasteiger partial charge in [-0.15, -0.1) is 0 Å². The van der Waals surface area contributed by atoms with Gasteiger partial charge in [-0.2, -0.15) is 0 Å². The van der Waals surface area contributed by atoms with Crippen LogP contribution in [0.15, 0.2) is 48.7 Å². The SMILES string of the molecule is Cc1nc2c(OCc3ccccc3)cccn2c1C[N+](C)(C)C. The van der Waals surface area contributed by atoms with Crippen LogP contribution in [0.2, 0.25) is 0 Å². The summed E-state index contributed by atoms with van der Waals surface area (Å²) in [6.07, 6.45) is 2.07. The number of nitrogens with zero attached hydrogens (tertiary/aromatic N) is 3. The van der Waals surface area contributed by atoms with E-state index >= 15 is 0 Å². The predicted molar refractivity (Wildman–Crippen MR) is 92.4 cm³/mol. The number of pyridine rings is 1. The number of ether oxygens (including phenoxy) is 1. The van der Waals surface area contributed by atoms with Crippen molar-refractivity contribution in [3.05, 3.63) is 65.6 Å². The van der Waals surface area contributed by atoms with E-state index in [0.717, 1.165) is 33.7 Å². The lowest BCUT2D eigenvalue weighted by Gasteiger charge is -2.23. The van der Waals surface area contributed by atoms with Crippen molar-refractivity contribution in [2.24, 2.45) is 0 Å². The van der Waals surface area contributed by atoms with E-state index in [9.17, 15) is 0 Å². The first-order valence-electron chi connectivity index (χ1n) is 7.88. The zero-order valence-electron chi connectivity index (χ0n) is 14.3. The Morgan fingerprint density at radius 1 is 1.04 bits per heavy atom. The van der Waals surface area contributed by atoms with Crippen molar-refractivity contribution in [3.63, 3.8) is 0 Å². The van der Waals surface area contributed by atoms with Crippen LogP contribution in [0.5, 0.6) is 5.75 Å². The van der Waals surface area contributed by atoms with Crippen LogP contribution in [0.4, 0.5) is 0 Å². The molecule has 0 unspecified atom stereocenters. The van der Waals surface area contributed by atoms with Crippen LogP contribution in [0, 0.1) is 6.92 Å².